The highest BCUT2D eigenvalue weighted by atomic mass is 79.9. The summed E-state index contributed by atoms with van der Waals surface area (Å²) in [6.07, 6.45) is 1.79. The zero-order chi connectivity index (χ0) is 17.2. The van der Waals surface area contributed by atoms with E-state index in [0.29, 0.717) is 24.3 Å². The van der Waals surface area contributed by atoms with Crippen LogP contribution in [0.15, 0.2) is 57.9 Å². The van der Waals surface area contributed by atoms with E-state index in [-0.39, 0.29) is 10.8 Å². The second kappa shape index (κ2) is 7.04. The fraction of sp³-hybridized carbons (Fsp3) is 0.235. The van der Waals surface area contributed by atoms with Crippen LogP contribution < -0.4 is 5.32 Å². The molecule has 3 rings (SSSR count). The van der Waals surface area contributed by atoms with E-state index >= 15 is 0 Å². The van der Waals surface area contributed by atoms with Gasteiger partial charge < -0.3 is 5.32 Å². The maximum absolute atomic E-state index is 12.5. The van der Waals surface area contributed by atoms with E-state index in [4.69, 9.17) is 0 Å². The molecule has 5 nitrogen and oxygen atoms in total. The van der Waals surface area contributed by atoms with Crippen molar-refractivity contribution >= 4 is 37.5 Å². The van der Waals surface area contributed by atoms with Crippen molar-refractivity contribution < 1.29 is 13.2 Å². The van der Waals surface area contributed by atoms with Gasteiger partial charge in [-0.05, 0) is 55.3 Å². The molecule has 1 N–H and O–H groups in total. The predicted octanol–water partition coefficient (Wildman–Crippen LogP) is 3.49. The number of carbonyl (C=O) groups is 1. The molecule has 2 aromatic rings. The van der Waals surface area contributed by atoms with Gasteiger partial charge in [0.05, 0.1) is 4.90 Å². The Morgan fingerprint density at radius 1 is 1.04 bits per heavy atom. The van der Waals surface area contributed by atoms with E-state index in [1.54, 1.807) is 12.1 Å². The lowest BCUT2D eigenvalue weighted by Gasteiger charge is -2.15. The van der Waals surface area contributed by atoms with E-state index in [1.807, 2.05) is 12.1 Å². The summed E-state index contributed by atoms with van der Waals surface area (Å²) in [6.45, 7) is 1.13. The van der Waals surface area contributed by atoms with Crippen molar-refractivity contribution in [3.8, 4) is 0 Å². The summed E-state index contributed by atoms with van der Waals surface area (Å²) >= 11 is 3.35. The van der Waals surface area contributed by atoms with Gasteiger partial charge in [0, 0.05) is 28.8 Å². The molecule has 2 aromatic carbocycles. The Bertz CT molecular complexity index is 844. The Hall–Kier alpha value is -1.70. The number of benzene rings is 2. The Labute approximate surface area is 149 Å². The van der Waals surface area contributed by atoms with E-state index in [0.717, 1.165) is 17.3 Å². The van der Waals surface area contributed by atoms with Crippen molar-refractivity contribution in [2.24, 2.45) is 0 Å². The molecule has 1 fully saturated rings. The van der Waals surface area contributed by atoms with Crippen LogP contribution in [-0.2, 0) is 10.0 Å². The maximum atomic E-state index is 12.5. The molecule has 7 heteroatoms. The quantitative estimate of drug-likeness (QED) is 0.841. The summed E-state index contributed by atoms with van der Waals surface area (Å²) in [6, 6.07) is 13.3. The highest BCUT2D eigenvalue weighted by molar-refractivity contribution is 9.10. The highest BCUT2D eigenvalue weighted by Gasteiger charge is 2.27. The van der Waals surface area contributed by atoms with Gasteiger partial charge in [0.15, 0.2) is 0 Å². The third-order valence-corrected chi connectivity index (χ3v) is 6.31. The van der Waals surface area contributed by atoms with Crippen LogP contribution in [0.3, 0.4) is 0 Å². The minimum absolute atomic E-state index is 0.225. The summed E-state index contributed by atoms with van der Waals surface area (Å²) in [5.74, 6) is -0.279. The van der Waals surface area contributed by atoms with Crippen LogP contribution in [0.4, 0.5) is 5.69 Å². The minimum atomic E-state index is -3.45. The van der Waals surface area contributed by atoms with Gasteiger partial charge in [-0.2, -0.15) is 4.31 Å². The lowest BCUT2D eigenvalue weighted by Crippen LogP contribution is -2.27. The molecule has 126 valence electrons. The molecule has 0 saturated carbocycles. The average Bonchev–Trinajstić information content (AvgIpc) is 3.10. The summed E-state index contributed by atoms with van der Waals surface area (Å²) in [7, 11) is -3.45. The number of rotatable bonds is 4. The molecule has 1 aliphatic heterocycles. The Morgan fingerprint density at radius 3 is 2.33 bits per heavy atom. The monoisotopic (exact) mass is 408 g/mol. The molecule has 1 heterocycles. The van der Waals surface area contributed by atoms with E-state index in [9.17, 15) is 13.2 Å². The Morgan fingerprint density at radius 2 is 1.71 bits per heavy atom. The predicted molar refractivity (Wildman–Crippen MR) is 96.5 cm³/mol. The zero-order valence-corrected chi connectivity index (χ0v) is 15.3. The SMILES string of the molecule is O=C(Nc1cccc(Br)c1)c1ccc(S(=O)(=O)N2CCCC2)cc1. The van der Waals surface area contributed by atoms with Crippen LogP contribution in [-0.4, -0.2) is 31.7 Å². The lowest BCUT2D eigenvalue weighted by atomic mass is 10.2. The molecule has 0 aliphatic carbocycles. The number of halogens is 1. The van der Waals surface area contributed by atoms with Crippen LogP contribution in [0, 0.1) is 0 Å². The Kier molecular flexibility index (Phi) is 5.03. The number of amides is 1. The van der Waals surface area contributed by atoms with Crippen LogP contribution in [0.5, 0.6) is 0 Å². The fourth-order valence-corrected chi connectivity index (χ4v) is 4.54. The van der Waals surface area contributed by atoms with Crippen molar-refractivity contribution in [2.45, 2.75) is 17.7 Å². The van der Waals surface area contributed by atoms with Crippen LogP contribution >= 0.6 is 15.9 Å². The third-order valence-electron chi connectivity index (χ3n) is 3.90. The smallest absolute Gasteiger partial charge is 0.255 e. The van der Waals surface area contributed by atoms with E-state index < -0.39 is 10.0 Å². The van der Waals surface area contributed by atoms with Gasteiger partial charge in [-0.1, -0.05) is 22.0 Å². The molecular weight excluding hydrogens is 392 g/mol. The lowest BCUT2D eigenvalue weighted by molar-refractivity contribution is 0.102. The average molecular weight is 409 g/mol. The first-order valence-corrected chi connectivity index (χ1v) is 9.87. The normalized spacial score (nSPS) is 15.4. The van der Waals surface area contributed by atoms with Crippen LogP contribution in [0.2, 0.25) is 0 Å². The Balaban J connectivity index is 1.75. The van der Waals surface area contributed by atoms with Crippen molar-refractivity contribution in [1.82, 2.24) is 4.31 Å². The summed E-state index contributed by atoms with van der Waals surface area (Å²) in [4.78, 5) is 12.5. The van der Waals surface area contributed by atoms with E-state index in [2.05, 4.69) is 21.2 Å². The zero-order valence-electron chi connectivity index (χ0n) is 12.9. The molecule has 24 heavy (non-hydrogen) atoms. The molecule has 0 unspecified atom stereocenters. The highest BCUT2D eigenvalue weighted by Crippen LogP contribution is 2.22. The third kappa shape index (κ3) is 3.68. The molecule has 0 spiro atoms. The first kappa shape index (κ1) is 17.1. The largest absolute Gasteiger partial charge is 0.322 e. The number of carbonyl (C=O) groups excluding carboxylic acids is 1. The molecule has 0 aromatic heterocycles. The molecule has 0 radical (unpaired) electrons. The van der Waals surface area contributed by atoms with Crippen LogP contribution in [0.25, 0.3) is 0 Å². The van der Waals surface area contributed by atoms with Gasteiger partial charge in [-0.25, -0.2) is 8.42 Å². The molecule has 1 amide bonds. The second-order valence-corrected chi connectivity index (χ2v) is 8.45. The fourth-order valence-electron chi connectivity index (χ4n) is 2.63. The summed E-state index contributed by atoms with van der Waals surface area (Å²) in [5.41, 5.74) is 1.08. The van der Waals surface area contributed by atoms with Gasteiger partial charge in [0.25, 0.3) is 5.91 Å². The number of sulfonamides is 1. The van der Waals surface area contributed by atoms with E-state index in [1.165, 1.54) is 28.6 Å². The molecule has 0 atom stereocenters. The first-order valence-electron chi connectivity index (χ1n) is 7.64. The topological polar surface area (TPSA) is 66.5 Å². The van der Waals surface area contributed by atoms with Gasteiger partial charge in [-0.15, -0.1) is 0 Å². The molecule has 1 aliphatic rings. The number of anilines is 1. The summed E-state index contributed by atoms with van der Waals surface area (Å²) in [5, 5.41) is 2.78. The van der Waals surface area contributed by atoms with Crippen molar-refractivity contribution in [3.05, 3.63) is 58.6 Å². The molecule has 1 saturated heterocycles. The van der Waals surface area contributed by atoms with Gasteiger partial charge in [0.1, 0.15) is 0 Å². The number of nitrogens with one attached hydrogen (secondary N) is 1. The van der Waals surface area contributed by atoms with Crippen molar-refractivity contribution in [2.75, 3.05) is 18.4 Å². The minimum Gasteiger partial charge on any atom is -0.322 e. The maximum Gasteiger partial charge on any atom is 0.255 e. The van der Waals surface area contributed by atoms with Gasteiger partial charge >= 0.3 is 0 Å². The first-order chi connectivity index (χ1) is 11.5. The van der Waals surface area contributed by atoms with Crippen molar-refractivity contribution in [3.63, 3.8) is 0 Å². The van der Waals surface area contributed by atoms with Crippen molar-refractivity contribution in [1.29, 1.82) is 0 Å². The second-order valence-electron chi connectivity index (χ2n) is 5.60. The number of nitrogens with zero attached hydrogens (tertiary/aromatic N) is 1. The molecular formula is C17H17BrN2O3S. The summed E-state index contributed by atoms with van der Waals surface area (Å²) < 4.78 is 27.3. The van der Waals surface area contributed by atoms with Gasteiger partial charge in [0.2, 0.25) is 10.0 Å². The number of hydrogen-bond donors (Lipinski definition) is 1. The standard InChI is InChI=1S/C17H17BrN2O3S/c18-14-4-3-5-15(12-14)19-17(21)13-6-8-16(9-7-13)24(22,23)20-10-1-2-11-20/h3-9,12H,1-2,10-11H2,(H,19,21). The van der Waals surface area contributed by atoms with Crippen LogP contribution in [0.1, 0.15) is 23.2 Å². The number of hydrogen-bond acceptors (Lipinski definition) is 3. The molecule has 0 bridgehead atoms. The van der Waals surface area contributed by atoms with Gasteiger partial charge in [-0.3, -0.25) is 4.79 Å².